The first-order valence-corrected chi connectivity index (χ1v) is 6.52. The number of amides is 1. The Labute approximate surface area is 119 Å². The minimum absolute atomic E-state index is 0.0663. The predicted octanol–water partition coefficient (Wildman–Crippen LogP) is 1.43. The number of aliphatic hydroxyl groups excluding tert-OH is 1. The molecule has 6 nitrogen and oxygen atoms in total. The molecule has 1 N–H and O–H groups in total. The number of rotatable bonds is 6. The van der Waals surface area contributed by atoms with Crippen LogP contribution in [0.3, 0.4) is 0 Å². The standard InChI is InChI=1S/C12H16BrNO5/c1-8(15)7-14(6-5-11(16)18-2)12(17)9-3-4-10(13)19-9/h3-4,8,15H,5-7H2,1-2H3. The van der Waals surface area contributed by atoms with Crippen molar-refractivity contribution in [2.75, 3.05) is 20.2 Å². The van der Waals surface area contributed by atoms with E-state index in [1.807, 2.05) is 0 Å². The molecule has 0 spiro atoms. The number of ether oxygens (including phenoxy) is 1. The average molecular weight is 334 g/mol. The van der Waals surface area contributed by atoms with Crippen molar-refractivity contribution in [2.45, 2.75) is 19.4 Å². The molecule has 1 rings (SSSR count). The highest BCUT2D eigenvalue weighted by molar-refractivity contribution is 9.10. The number of methoxy groups -OCH3 is 1. The van der Waals surface area contributed by atoms with Gasteiger partial charge in [0.15, 0.2) is 10.4 Å². The maximum absolute atomic E-state index is 12.1. The number of carbonyl (C=O) groups is 2. The molecule has 0 saturated heterocycles. The number of furan rings is 1. The number of nitrogens with zero attached hydrogens (tertiary/aromatic N) is 1. The SMILES string of the molecule is COC(=O)CCN(CC(C)O)C(=O)c1ccc(Br)o1. The van der Waals surface area contributed by atoms with E-state index >= 15 is 0 Å². The zero-order chi connectivity index (χ0) is 14.4. The topological polar surface area (TPSA) is 80.0 Å². The summed E-state index contributed by atoms with van der Waals surface area (Å²) < 4.78 is 10.1. The van der Waals surface area contributed by atoms with Gasteiger partial charge in [0, 0.05) is 13.1 Å². The zero-order valence-corrected chi connectivity index (χ0v) is 12.3. The van der Waals surface area contributed by atoms with Crippen molar-refractivity contribution >= 4 is 27.8 Å². The summed E-state index contributed by atoms with van der Waals surface area (Å²) in [5.41, 5.74) is 0. The van der Waals surface area contributed by atoms with Crippen LogP contribution < -0.4 is 0 Å². The summed E-state index contributed by atoms with van der Waals surface area (Å²) in [6, 6.07) is 3.13. The van der Waals surface area contributed by atoms with Crippen LogP contribution in [-0.2, 0) is 9.53 Å². The van der Waals surface area contributed by atoms with Crippen LogP contribution in [0.5, 0.6) is 0 Å². The van der Waals surface area contributed by atoms with Crippen LogP contribution >= 0.6 is 15.9 Å². The predicted molar refractivity (Wildman–Crippen MR) is 70.6 cm³/mol. The van der Waals surface area contributed by atoms with Crippen LogP contribution in [0, 0.1) is 0 Å². The van der Waals surface area contributed by atoms with E-state index in [1.54, 1.807) is 13.0 Å². The van der Waals surface area contributed by atoms with Gasteiger partial charge in [-0.15, -0.1) is 0 Å². The number of hydrogen-bond acceptors (Lipinski definition) is 5. The molecule has 0 aliphatic heterocycles. The Balaban J connectivity index is 2.72. The van der Waals surface area contributed by atoms with Gasteiger partial charge < -0.3 is 19.2 Å². The first kappa shape index (κ1) is 15.7. The van der Waals surface area contributed by atoms with Crippen LogP contribution in [0.4, 0.5) is 0 Å². The van der Waals surface area contributed by atoms with E-state index in [0.717, 1.165) is 0 Å². The quantitative estimate of drug-likeness (QED) is 0.796. The van der Waals surface area contributed by atoms with E-state index in [1.165, 1.54) is 18.1 Å². The van der Waals surface area contributed by atoms with Gasteiger partial charge in [-0.05, 0) is 35.0 Å². The van der Waals surface area contributed by atoms with Crippen molar-refractivity contribution in [1.29, 1.82) is 0 Å². The monoisotopic (exact) mass is 333 g/mol. The van der Waals surface area contributed by atoms with Crippen LogP contribution in [0.2, 0.25) is 0 Å². The Bertz CT molecular complexity index is 443. The summed E-state index contributed by atoms with van der Waals surface area (Å²) in [5, 5.41) is 9.40. The van der Waals surface area contributed by atoms with E-state index in [-0.39, 0.29) is 31.2 Å². The zero-order valence-electron chi connectivity index (χ0n) is 10.8. The van der Waals surface area contributed by atoms with Gasteiger partial charge in [-0.3, -0.25) is 9.59 Å². The second-order valence-electron chi connectivity index (χ2n) is 4.03. The van der Waals surface area contributed by atoms with E-state index in [4.69, 9.17) is 4.42 Å². The highest BCUT2D eigenvalue weighted by Gasteiger charge is 2.21. The second kappa shape index (κ2) is 7.30. The van der Waals surface area contributed by atoms with Gasteiger partial charge >= 0.3 is 5.97 Å². The van der Waals surface area contributed by atoms with E-state index in [2.05, 4.69) is 20.7 Å². The molecule has 0 aliphatic rings. The van der Waals surface area contributed by atoms with Gasteiger partial charge in [0.05, 0.1) is 19.6 Å². The maximum atomic E-state index is 12.1. The number of aliphatic hydroxyl groups is 1. The van der Waals surface area contributed by atoms with Crippen molar-refractivity contribution in [2.24, 2.45) is 0 Å². The Morgan fingerprint density at radius 2 is 2.21 bits per heavy atom. The van der Waals surface area contributed by atoms with E-state index < -0.39 is 12.1 Å². The molecule has 7 heteroatoms. The van der Waals surface area contributed by atoms with Crippen molar-refractivity contribution in [3.63, 3.8) is 0 Å². The van der Waals surface area contributed by atoms with Crippen molar-refractivity contribution in [3.8, 4) is 0 Å². The van der Waals surface area contributed by atoms with E-state index in [9.17, 15) is 14.7 Å². The van der Waals surface area contributed by atoms with Gasteiger partial charge in [-0.2, -0.15) is 0 Å². The summed E-state index contributed by atoms with van der Waals surface area (Å²) in [4.78, 5) is 24.6. The molecule has 1 amide bonds. The normalized spacial score (nSPS) is 12.0. The Kier molecular flexibility index (Phi) is 6.04. The molecule has 0 bridgehead atoms. The molecule has 1 heterocycles. The third kappa shape index (κ3) is 5.04. The fourth-order valence-electron chi connectivity index (χ4n) is 1.51. The van der Waals surface area contributed by atoms with Gasteiger partial charge in [0.1, 0.15) is 0 Å². The lowest BCUT2D eigenvalue weighted by molar-refractivity contribution is -0.140. The molecule has 106 valence electrons. The third-order valence-electron chi connectivity index (χ3n) is 2.37. The van der Waals surface area contributed by atoms with Crippen LogP contribution in [0.15, 0.2) is 21.2 Å². The van der Waals surface area contributed by atoms with Gasteiger partial charge in [-0.25, -0.2) is 0 Å². The minimum atomic E-state index is -0.694. The molecular formula is C12H16BrNO5. The molecule has 0 aliphatic carbocycles. The number of hydrogen-bond donors (Lipinski definition) is 1. The lowest BCUT2D eigenvalue weighted by atomic mass is 10.3. The molecular weight excluding hydrogens is 318 g/mol. The summed E-state index contributed by atoms with van der Waals surface area (Å²) in [6.07, 6.45) is -0.628. The third-order valence-corrected chi connectivity index (χ3v) is 2.80. The van der Waals surface area contributed by atoms with Crippen LogP contribution in [0.25, 0.3) is 0 Å². The molecule has 1 atom stereocenters. The molecule has 19 heavy (non-hydrogen) atoms. The lowest BCUT2D eigenvalue weighted by Gasteiger charge is -2.22. The molecule has 1 unspecified atom stereocenters. The van der Waals surface area contributed by atoms with Gasteiger partial charge in [0.2, 0.25) is 0 Å². The van der Waals surface area contributed by atoms with Gasteiger partial charge in [-0.1, -0.05) is 0 Å². The molecule has 0 saturated carbocycles. The number of esters is 1. The van der Waals surface area contributed by atoms with Gasteiger partial charge in [0.25, 0.3) is 5.91 Å². The molecule has 1 aromatic rings. The first-order chi connectivity index (χ1) is 8.93. The van der Waals surface area contributed by atoms with Crippen LogP contribution in [0.1, 0.15) is 23.9 Å². The summed E-state index contributed by atoms with van der Waals surface area (Å²) in [6.45, 7) is 1.85. The fraction of sp³-hybridized carbons (Fsp3) is 0.500. The maximum Gasteiger partial charge on any atom is 0.307 e. The largest absolute Gasteiger partial charge is 0.469 e. The molecule has 0 radical (unpaired) electrons. The lowest BCUT2D eigenvalue weighted by Crippen LogP contribution is -2.38. The summed E-state index contributed by atoms with van der Waals surface area (Å²) in [7, 11) is 1.28. The molecule has 1 aromatic heterocycles. The minimum Gasteiger partial charge on any atom is -0.469 e. The summed E-state index contributed by atoms with van der Waals surface area (Å²) >= 11 is 3.11. The summed E-state index contributed by atoms with van der Waals surface area (Å²) in [5.74, 6) is -0.642. The fourth-order valence-corrected chi connectivity index (χ4v) is 1.81. The Hall–Kier alpha value is -1.34. The average Bonchev–Trinajstić information content (AvgIpc) is 2.79. The molecule has 0 aromatic carbocycles. The van der Waals surface area contributed by atoms with Crippen molar-refractivity contribution < 1.29 is 23.8 Å². The highest BCUT2D eigenvalue weighted by atomic mass is 79.9. The van der Waals surface area contributed by atoms with Crippen molar-refractivity contribution in [1.82, 2.24) is 4.90 Å². The van der Waals surface area contributed by atoms with Crippen molar-refractivity contribution in [3.05, 3.63) is 22.6 Å². The van der Waals surface area contributed by atoms with E-state index in [0.29, 0.717) is 4.67 Å². The smallest absolute Gasteiger partial charge is 0.307 e. The highest BCUT2D eigenvalue weighted by Crippen LogP contribution is 2.16. The second-order valence-corrected chi connectivity index (χ2v) is 4.81. The Morgan fingerprint density at radius 3 is 2.68 bits per heavy atom. The number of halogens is 1. The number of carbonyl (C=O) groups excluding carboxylic acids is 2. The molecule has 0 fully saturated rings. The van der Waals surface area contributed by atoms with Crippen LogP contribution in [-0.4, -0.2) is 48.2 Å². The Morgan fingerprint density at radius 1 is 1.53 bits per heavy atom. The first-order valence-electron chi connectivity index (χ1n) is 5.73.